The highest BCUT2D eigenvalue weighted by Crippen LogP contribution is 2.09. The van der Waals surface area contributed by atoms with E-state index in [0.717, 1.165) is 19.0 Å². The van der Waals surface area contributed by atoms with Crippen LogP contribution in [0.25, 0.3) is 0 Å². The molecule has 0 rings (SSSR count). The van der Waals surface area contributed by atoms with Gasteiger partial charge in [0.2, 0.25) is 5.91 Å². The van der Waals surface area contributed by atoms with Gasteiger partial charge in [-0.3, -0.25) is 4.79 Å². The lowest BCUT2D eigenvalue weighted by Gasteiger charge is -2.13. The summed E-state index contributed by atoms with van der Waals surface area (Å²) in [5.41, 5.74) is 0.333. The van der Waals surface area contributed by atoms with Crippen LogP contribution in [0.15, 0.2) is 36.5 Å². The Labute approximate surface area is 107 Å². The number of hydrogen-bond donors (Lipinski definition) is 2. The molecule has 0 aliphatic rings. The molecule has 0 saturated carbocycles. The highest BCUT2D eigenvalue weighted by atomic mass is 19.2. The van der Waals surface area contributed by atoms with Crippen molar-refractivity contribution in [2.75, 3.05) is 13.6 Å². The van der Waals surface area contributed by atoms with Crippen LogP contribution in [0.4, 0.5) is 8.78 Å². The number of amides is 1. The number of nitrogens with one attached hydrogen (secondary N) is 2. The molecule has 1 unspecified atom stereocenters. The van der Waals surface area contributed by atoms with Gasteiger partial charge in [0.25, 0.3) is 0 Å². The van der Waals surface area contributed by atoms with Crippen LogP contribution in [0.1, 0.15) is 19.8 Å². The molecular formula is C13H20F2N2O. The number of hydrogen-bond acceptors (Lipinski definition) is 2. The molecule has 0 heterocycles. The predicted molar refractivity (Wildman–Crippen MR) is 69.3 cm³/mol. The lowest BCUT2D eigenvalue weighted by Crippen LogP contribution is -2.34. The van der Waals surface area contributed by atoms with Crippen molar-refractivity contribution in [3.63, 3.8) is 0 Å². The van der Waals surface area contributed by atoms with Gasteiger partial charge in [0.05, 0.1) is 6.42 Å². The van der Waals surface area contributed by atoms with E-state index >= 15 is 0 Å². The van der Waals surface area contributed by atoms with Gasteiger partial charge in [-0.15, -0.1) is 0 Å². The van der Waals surface area contributed by atoms with Crippen molar-refractivity contribution in [3.05, 3.63) is 36.5 Å². The predicted octanol–water partition coefficient (Wildman–Crippen LogP) is 2.38. The minimum Gasteiger partial charge on any atom is -0.353 e. The van der Waals surface area contributed by atoms with E-state index in [1.165, 1.54) is 6.08 Å². The maximum absolute atomic E-state index is 12.7. The zero-order valence-electron chi connectivity index (χ0n) is 10.8. The first-order chi connectivity index (χ1) is 8.53. The van der Waals surface area contributed by atoms with Gasteiger partial charge in [0.15, 0.2) is 5.83 Å². The van der Waals surface area contributed by atoms with Crippen molar-refractivity contribution in [2.45, 2.75) is 25.8 Å². The van der Waals surface area contributed by atoms with Crippen LogP contribution in [0, 0.1) is 0 Å². The van der Waals surface area contributed by atoms with Crippen LogP contribution in [0.3, 0.4) is 0 Å². The van der Waals surface area contributed by atoms with Crippen LogP contribution in [-0.2, 0) is 4.79 Å². The second kappa shape index (κ2) is 9.53. The Morgan fingerprint density at radius 2 is 2.17 bits per heavy atom. The van der Waals surface area contributed by atoms with E-state index in [1.54, 1.807) is 0 Å². The Bertz CT molecular complexity index is 338. The summed E-state index contributed by atoms with van der Waals surface area (Å²) in [6, 6.07) is 0.0255. The van der Waals surface area contributed by atoms with Crippen LogP contribution in [0.5, 0.6) is 0 Å². The van der Waals surface area contributed by atoms with Crippen molar-refractivity contribution in [2.24, 2.45) is 0 Å². The fourth-order valence-electron chi connectivity index (χ4n) is 1.33. The molecule has 0 bridgehead atoms. The average Bonchev–Trinajstić information content (AvgIpc) is 2.34. The van der Waals surface area contributed by atoms with Crippen molar-refractivity contribution < 1.29 is 13.6 Å². The topological polar surface area (TPSA) is 41.1 Å². The summed E-state index contributed by atoms with van der Waals surface area (Å²) < 4.78 is 24.5. The van der Waals surface area contributed by atoms with E-state index in [9.17, 15) is 13.6 Å². The molecule has 0 spiro atoms. The smallest absolute Gasteiger partial charge is 0.224 e. The number of allylic oxidation sites excluding steroid dienone is 3. The highest BCUT2D eigenvalue weighted by Gasteiger charge is 2.08. The van der Waals surface area contributed by atoms with Crippen LogP contribution in [0.2, 0.25) is 0 Å². The summed E-state index contributed by atoms with van der Waals surface area (Å²) >= 11 is 0. The van der Waals surface area contributed by atoms with E-state index in [0.29, 0.717) is 5.57 Å². The van der Waals surface area contributed by atoms with Gasteiger partial charge < -0.3 is 10.6 Å². The second-order valence-electron chi connectivity index (χ2n) is 3.95. The molecule has 1 amide bonds. The molecule has 18 heavy (non-hydrogen) atoms. The second-order valence-corrected chi connectivity index (χ2v) is 3.95. The van der Waals surface area contributed by atoms with E-state index in [1.807, 2.05) is 14.0 Å². The molecule has 0 radical (unpaired) electrons. The van der Waals surface area contributed by atoms with Crippen LogP contribution >= 0.6 is 0 Å². The molecule has 1 atom stereocenters. The quantitative estimate of drug-likeness (QED) is 0.656. The van der Waals surface area contributed by atoms with Crippen molar-refractivity contribution >= 4 is 5.91 Å². The number of carbonyl (C=O) groups excluding carboxylic acids is 1. The number of rotatable bonds is 8. The lowest BCUT2D eigenvalue weighted by atomic mass is 10.1. The minimum atomic E-state index is -1.03. The number of carbonyl (C=O) groups is 1. The first-order valence-electron chi connectivity index (χ1n) is 5.76. The molecule has 0 saturated heterocycles. The SMILES string of the molecule is C=C/C(=C\C(F)=C\F)CC(=O)NC(C)CCNC. The van der Waals surface area contributed by atoms with E-state index in [2.05, 4.69) is 17.2 Å². The molecule has 102 valence electrons. The van der Waals surface area contributed by atoms with Gasteiger partial charge in [-0.05, 0) is 38.6 Å². The van der Waals surface area contributed by atoms with Gasteiger partial charge in [-0.25, -0.2) is 8.78 Å². The molecule has 0 aromatic rings. The Balaban J connectivity index is 4.28. The van der Waals surface area contributed by atoms with Gasteiger partial charge in [0, 0.05) is 6.04 Å². The van der Waals surface area contributed by atoms with Crippen LogP contribution in [-0.4, -0.2) is 25.5 Å². The van der Waals surface area contributed by atoms with Crippen molar-refractivity contribution in [1.29, 1.82) is 0 Å². The van der Waals surface area contributed by atoms with E-state index < -0.39 is 5.83 Å². The van der Waals surface area contributed by atoms with E-state index in [-0.39, 0.29) is 24.7 Å². The molecule has 0 aliphatic heterocycles. The molecule has 0 aromatic carbocycles. The molecule has 0 fully saturated rings. The number of halogens is 2. The summed E-state index contributed by atoms with van der Waals surface area (Å²) in [5, 5.41) is 5.75. The van der Waals surface area contributed by atoms with E-state index in [4.69, 9.17) is 0 Å². The molecule has 0 aromatic heterocycles. The summed E-state index contributed by atoms with van der Waals surface area (Å²) in [6.45, 7) is 6.14. The average molecular weight is 258 g/mol. The fraction of sp³-hybridized carbons (Fsp3) is 0.462. The summed E-state index contributed by atoms with van der Waals surface area (Å²) in [4.78, 5) is 11.6. The van der Waals surface area contributed by atoms with Gasteiger partial charge in [-0.1, -0.05) is 12.7 Å². The van der Waals surface area contributed by atoms with Gasteiger partial charge >= 0.3 is 0 Å². The maximum atomic E-state index is 12.7. The highest BCUT2D eigenvalue weighted by molar-refractivity contribution is 5.79. The Morgan fingerprint density at radius 3 is 2.67 bits per heavy atom. The fourth-order valence-corrected chi connectivity index (χ4v) is 1.33. The Morgan fingerprint density at radius 1 is 1.50 bits per heavy atom. The first kappa shape index (κ1) is 16.5. The normalized spacial score (nSPS) is 14.2. The maximum Gasteiger partial charge on any atom is 0.224 e. The summed E-state index contributed by atoms with van der Waals surface area (Å²) in [5.74, 6) is -1.27. The standard InChI is InChI=1S/C13H20F2N2O/c1-4-11(7-12(15)9-14)8-13(18)17-10(2)5-6-16-3/h4,7,9-10,16H,1,5-6,8H2,2-3H3,(H,17,18)/b11-7+,12-9-. The molecule has 2 N–H and O–H groups in total. The molecule has 5 heteroatoms. The monoisotopic (exact) mass is 258 g/mol. The molecule has 0 aliphatic carbocycles. The van der Waals surface area contributed by atoms with Crippen molar-refractivity contribution in [3.8, 4) is 0 Å². The third-order valence-electron chi connectivity index (χ3n) is 2.29. The zero-order chi connectivity index (χ0) is 14.0. The van der Waals surface area contributed by atoms with Crippen molar-refractivity contribution in [1.82, 2.24) is 10.6 Å². The summed E-state index contributed by atoms with van der Waals surface area (Å²) in [6.07, 6.45) is 2.91. The largest absolute Gasteiger partial charge is 0.353 e. The van der Waals surface area contributed by atoms with Gasteiger partial charge in [0.1, 0.15) is 6.33 Å². The lowest BCUT2D eigenvalue weighted by molar-refractivity contribution is -0.121. The van der Waals surface area contributed by atoms with Gasteiger partial charge in [-0.2, -0.15) is 0 Å². The third kappa shape index (κ3) is 7.73. The summed E-state index contributed by atoms with van der Waals surface area (Å²) in [7, 11) is 1.83. The van der Waals surface area contributed by atoms with Crippen LogP contribution < -0.4 is 10.6 Å². The Hall–Kier alpha value is -1.49. The minimum absolute atomic E-state index is 0.0192. The third-order valence-corrected chi connectivity index (χ3v) is 2.29. The zero-order valence-corrected chi connectivity index (χ0v) is 10.8. The Kier molecular flexibility index (Phi) is 8.74. The first-order valence-corrected chi connectivity index (χ1v) is 5.76. The molecular weight excluding hydrogens is 238 g/mol. The molecule has 3 nitrogen and oxygen atoms in total.